The number of aromatic amines is 1. The van der Waals surface area contributed by atoms with E-state index in [9.17, 15) is 22.8 Å². The molecule has 0 atom stereocenters. The predicted octanol–water partition coefficient (Wildman–Crippen LogP) is 4.18. The van der Waals surface area contributed by atoms with Crippen molar-refractivity contribution in [3.63, 3.8) is 0 Å². The Hall–Kier alpha value is -4.22. The Kier molecular flexibility index (Phi) is 7.28. The lowest BCUT2D eigenvalue weighted by Crippen LogP contribution is -2.38. The minimum atomic E-state index is -4.48. The lowest BCUT2D eigenvalue weighted by Gasteiger charge is -2.25. The second-order valence-electron chi connectivity index (χ2n) is 9.33. The van der Waals surface area contributed by atoms with Crippen LogP contribution in [0.25, 0.3) is 22.2 Å². The molecule has 0 saturated carbocycles. The zero-order valence-electron chi connectivity index (χ0n) is 20.1. The Labute approximate surface area is 209 Å². The van der Waals surface area contributed by atoms with Crippen LogP contribution in [0.1, 0.15) is 31.7 Å². The molecule has 0 saturated heterocycles. The van der Waals surface area contributed by atoms with Crippen LogP contribution in [-0.4, -0.2) is 39.3 Å². The topological polar surface area (TPSA) is 126 Å². The van der Waals surface area contributed by atoms with Gasteiger partial charge in [0, 0.05) is 36.9 Å². The molecule has 2 aromatic carbocycles. The summed E-state index contributed by atoms with van der Waals surface area (Å²) in [5.41, 5.74) is -1.25. The van der Waals surface area contributed by atoms with Crippen molar-refractivity contribution in [2.45, 2.75) is 32.9 Å². The first-order valence-electron chi connectivity index (χ1n) is 11.5. The van der Waals surface area contributed by atoms with E-state index in [0.717, 1.165) is 12.1 Å². The molecule has 4 rings (SSSR count). The molecule has 0 bridgehead atoms. The molecule has 2 heterocycles. The summed E-state index contributed by atoms with van der Waals surface area (Å²) in [7, 11) is 0. The number of hydrogen-bond acceptors (Lipinski definition) is 7. The molecule has 0 unspecified atom stereocenters. The first kappa shape index (κ1) is 25.9. The number of aryl methyl sites for hydroxylation is 1. The molecule has 1 amide bonds. The first-order chi connectivity index (χ1) is 17.5. The van der Waals surface area contributed by atoms with Crippen LogP contribution in [0.15, 0.2) is 57.8 Å². The fourth-order valence-corrected chi connectivity index (χ4v) is 3.59. The van der Waals surface area contributed by atoms with Crippen LogP contribution < -0.4 is 16.2 Å². The van der Waals surface area contributed by atoms with Crippen LogP contribution in [0.5, 0.6) is 0 Å². The van der Waals surface area contributed by atoms with Gasteiger partial charge < -0.3 is 15.2 Å². The summed E-state index contributed by atoms with van der Waals surface area (Å²) >= 11 is 0. The second kappa shape index (κ2) is 10.4. The van der Waals surface area contributed by atoms with Crippen LogP contribution in [0.3, 0.4) is 0 Å². The van der Waals surface area contributed by atoms with Crippen LogP contribution in [0, 0.1) is 5.41 Å². The number of carbonyl (C=O) groups is 1. The second-order valence-corrected chi connectivity index (χ2v) is 9.33. The molecule has 0 aliphatic rings. The van der Waals surface area contributed by atoms with Crippen molar-refractivity contribution in [1.29, 1.82) is 0 Å². The van der Waals surface area contributed by atoms with Crippen molar-refractivity contribution in [3.05, 3.63) is 70.3 Å². The number of anilines is 1. The number of fused-ring (bicyclic) bond motifs is 1. The number of H-pyrrole nitrogens is 1. The Balaban J connectivity index is 1.28. The molecule has 194 valence electrons. The van der Waals surface area contributed by atoms with Crippen LogP contribution in [0.4, 0.5) is 19.0 Å². The summed E-state index contributed by atoms with van der Waals surface area (Å²) in [5.74, 6) is 0.485. The van der Waals surface area contributed by atoms with Gasteiger partial charge in [0.2, 0.25) is 17.6 Å². The SMILES string of the molecule is CC(C)(CNC(=O)CCc1nc(-c2cccc(C(F)(F)F)c2)no1)CNc1n[nH]c(=O)c2ccccc12. The minimum Gasteiger partial charge on any atom is -0.368 e. The predicted molar refractivity (Wildman–Crippen MR) is 131 cm³/mol. The number of alkyl halides is 3. The van der Waals surface area contributed by atoms with Crippen LogP contribution >= 0.6 is 0 Å². The Morgan fingerprint density at radius 3 is 2.57 bits per heavy atom. The third-order valence-electron chi connectivity index (χ3n) is 5.68. The highest BCUT2D eigenvalue weighted by atomic mass is 19.4. The van der Waals surface area contributed by atoms with Gasteiger partial charge in [-0.3, -0.25) is 9.59 Å². The molecule has 9 nitrogen and oxygen atoms in total. The quantitative estimate of drug-likeness (QED) is 0.306. The van der Waals surface area contributed by atoms with Crippen molar-refractivity contribution in [2.75, 3.05) is 18.4 Å². The van der Waals surface area contributed by atoms with E-state index in [1.54, 1.807) is 12.1 Å². The molecular formula is C25H25F3N6O3. The third-order valence-corrected chi connectivity index (χ3v) is 5.68. The maximum absolute atomic E-state index is 12.9. The molecule has 4 aromatic rings. The highest BCUT2D eigenvalue weighted by Crippen LogP contribution is 2.31. The van der Waals surface area contributed by atoms with E-state index < -0.39 is 11.7 Å². The van der Waals surface area contributed by atoms with Crippen molar-refractivity contribution in [3.8, 4) is 11.4 Å². The van der Waals surface area contributed by atoms with E-state index in [2.05, 4.69) is 31.0 Å². The molecular weight excluding hydrogens is 489 g/mol. The highest BCUT2D eigenvalue weighted by molar-refractivity contribution is 5.90. The van der Waals surface area contributed by atoms with Crippen LogP contribution in [-0.2, 0) is 17.4 Å². The summed E-state index contributed by atoms with van der Waals surface area (Å²) in [6, 6.07) is 11.8. The number of carbonyl (C=O) groups excluding carboxylic acids is 1. The Morgan fingerprint density at radius 1 is 1.05 bits per heavy atom. The van der Waals surface area contributed by atoms with Gasteiger partial charge in [-0.15, -0.1) is 0 Å². The van der Waals surface area contributed by atoms with E-state index >= 15 is 0 Å². The summed E-state index contributed by atoms with van der Waals surface area (Å²) in [6.07, 6.45) is -4.27. The highest BCUT2D eigenvalue weighted by Gasteiger charge is 2.30. The van der Waals surface area contributed by atoms with E-state index in [0.29, 0.717) is 29.7 Å². The van der Waals surface area contributed by atoms with Gasteiger partial charge in [0.15, 0.2) is 5.82 Å². The number of amides is 1. The molecule has 0 aliphatic heterocycles. The number of hydrogen-bond donors (Lipinski definition) is 3. The Bertz CT molecular complexity index is 1460. The van der Waals surface area contributed by atoms with Gasteiger partial charge in [0.05, 0.1) is 10.9 Å². The minimum absolute atomic E-state index is 0.0251. The van der Waals surface area contributed by atoms with Crippen molar-refractivity contribution in [2.24, 2.45) is 5.41 Å². The van der Waals surface area contributed by atoms with Crippen molar-refractivity contribution < 1.29 is 22.5 Å². The van der Waals surface area contributed by atoms with Gasteiger partial charge in [0.25, 0.3) is 5.56 Å². The van der Waals surface area contributed by atoms with E-state index in [1.807, 2.05) is 26.0 Å². The summed E-state index contributed by atoms with van der Waals surface area (Å²) < 4.78 is 43.9. The molecule has 0 fully saturated rings. The van der Waals surface area contributed by atoms with Gasteiger partial charge in [0.1, 0.15) is 0 Å². The maximum Gasteiger partial charge on any atom is 0.416 e. The smallest absolute Gasteiger partial charge is 0.368 e. The number of halogens is 3. The number of benzene rings is 2. The largest absolute Gasteiger partial charge is 0.416 e. The standard InChI is InChI=1S/C25H25F3N6O3/c1-24(2,14-30-22-17-8-3-4-9-18(17)23(36)33-32-22)13-29-19(35)10-11-20-31-21(34-37-20)15-6-5-7-16(12-15)25(26,27)28/h3-9,12H,10-11,13-14H2,1-2H3,(H,29,35)(H,30,32)(H,33,36). The number of aromatic nitrogens is 4. The van der Waals surface area contributed by atoms with Gasteiger partial charge >= 0.3 is 6.18 Å². The molecule has 0 spiro atoms. The first-order valence-corrected chi connectivity index (χ1v) is 11.5. The average molecular weight is 515 g/mol. The lowest BCUT2D eigenvalue weighted by molar-refractivity contribution is -0.137. The van der Waals surface area contributed by atoms with Gasteiger partial charge in [-0.2, -0.15) is 23.3 Å². The fourth-order valence-electron chi connectivity index (χ4n) is 3.59. The zero-order valence-corrected chi connectivity index (χ0v) is 20.1. The summed E-state index contributed by atoms with van der Waals surface area (Å²) in [4.78, 5) is 28.4. The van der Waals surface area contributed by atoms with E-state index in [-0.39, 0.29) is 47.0 Å². The molecule has 3 N–H and O–H groups in total. The summed E-state index contributed by atoms with van der Waals surface area (Å²) in [5, 5.41) is 17.6. The van der Waals surface area contributed by atoms with Gasteiger partial charge in [-0.05, 0) is 23.6 Å². The summed E-state index contributed by atoms with van der Waals surface area (Å²) in [6.45, 7) is 4.76. The number of nitrogens with one attached hydrogen (secondary N) is 3. The molecule has 0 radical (unpaired) electrons. The lowest BCUT2D eigenvalue weighted by atomic mass is 9.93. The average Bonchev–Trinajstić information content (AvgIpc) is 3.35. The monoisotopic (exact) mass is 514 g/mol. The van der Waals surface area contributed by atoms with Gasteiger partial charge in [-0.25, -0.2) is 5.10 Å². The van der Waals surface area contributed by atoms with E-state index in [4.69, 9.17) is 4.52 Å². The van der Waals surface area contributed by atoms with Crippen LogP contribution in [0.2, 0.25) is 0 Å². The number of nitrogens with zero attached hydrogens (tertiary/aromatic N) is 3. The normalized spacial score (nSPS) is 12.0. The fraction of sp³-hybridized carbons (Fsp3) is 0.320. The van der Waals surface area contributed by atoms with Crippen molar-refractivity contribution in [1.82, 2.24) is 25.7 Å². The molecule has 12 heteroatoms. The number of rotatable bonds is 9. The Morgan fingerprint density at radius 2 is 1.81 bits per heavy atom. The molecule has 0 aliphatic carbocycles. The zero-order chi connectivity index (χ0) is 26.6. The third kappa shape index (κ3) is 6.51. The maximum atomic E-state index is 12.9. The molecule has 37 heavy (non-hydrogen) atoms. The molecule has 2 aromatic heterocycles. The van der Waals surface area contributed by atoms with Crippen molar-refractivity contribution >= 4 is 22.5 Å². The van der Waals surface area contributed by atoms with E-state index in [1.165, 1.54) is 12.1 Å². The van der Waals surface area contributed by atoms with Gasteiger partial charge in [-0.1, -0.05) is 49.3 Å².